The van der Waals surface area contributed by atoms with Crippen LogP contribution >= 0.6 is 0 Å². The maximum Gasteiger partial charge on any atom is 0.286 e. The van der Waals surface area contributed by atoms with Crippen LogP contribution in [0.25, 0.3) is 0 Å². The highest BCUT2D eigenvalue weighted by Crippen LogP contribution is 2.25. The lowest BCUT2D eigenvalue weighted by atomic mass is 9.92. The number of halogens is 3. The average molecular weight is 475 g/mol. The fraction of sp³-hybridized carbons (Fsp3) is 0.421. The summed E-state index contributed by atoms with van der Waals surface area (Å²) in [7, 11) is 0. The largest absolute Gasteiger partial charge is 0.480 e. The van der Waals surface area contributed by atoms with Crippen LogP contribution in [-0.4, -0.2) is 70.1 Å². The van der Waals surface area contributed by atoms with Crippen LogP contribution in [-0.2, 0) is 20.9 Å². The number of hydrogen-bond donors (Lipinski definition) is 7. The van der Waals surface area contributed by atoms with Gasteiger partial charge in [0.25, 0.3) is 5.91 Å². The van der Waals surface area contributed by atoms with E-state index in [9.17, 15) is 33.0 Å². The number of hydrogen-bond acceptors (Lipinski definition) is 7. The van der Waals surface area contributed by atoms with E-state index in [1.54, 1.807) is 0 Å². The Bertz CT molecular complexity index is 956. The van der Waals surface area contributed by atoms with Crippen molar-refractivity contribution < 1.29 is 42.8 Å². The lowest BCUT2D eigenvalue weighted by molar-refractivity contribution is -0.134. The maximum absolute atomic E-state index is 13.8. The van der Waals surface area contributed by atoms with E-state index < -0.39 is 84.5 Å². The van der Waals surface area contributed by atoms with Crippen molar-refractivity contribution in [2.75, 3.05) is 6.61 Å². The first-order valence-corrected chi connectivity index (χ1v) is 9.58. The number of ether oxygens (including phenoxy) is 1. The number of benzene rings is 1. The molecule has 0 aliphatic carbocycles. The van der Waals surface area contributed by atoms with Gasteiger partial charge in [0.1, 0.15) is 18.3 Å². The molecule has 9 N–H and O–H groups in total. The standard InChI is InChI=1S/C19H24F3N5O6/c1-7(29)26-15-10(27-19(23)24)4-12(33-17(15)16(31)11(30)6-28)18(32)25-5-8-2-3-9(20)14(22)13(8)21/h2-4,10-11,15-17,28,30-31H,5-6H2,1H3,(H,25,32)(H,26,29)(H4,23,24,27)/t10-,11+,15+,16+,17+/m0/s1. The molecule has 0 fully saturated rings. The van der Waals surface area contributed by atoms with Gasteiger partial charge in [-0.25, -0.2) is 18.2 Å². The number of aliphatic imine (C=N–C) groups is 1. The van der Waals surface area contributed by atoms with E-state index in [2.05, 4.69) is 15.6 Å². The minimum Gasteiger partial charge on any atom is -0.480 e. The van der Waals surface area contributed by atoms with Crippen LogP contribution in [0.1, 0.15) is 12.5 Å². The molecular formula is C19H24F3N5O6. The molecule has 0 spiro atoms. The van der Waals surface area contributed by atoms with Gasteiger partial charge in [-0.15, -0.1) is 0 Å². The first kappa shape index (κ1) is 25.9. The molecule has 182 valence electrons. The maximum atomic E-state index is 13.8. The minimum absolute atomic E-state index is 0.358. The Morgan fingerprint density at radius 3 is 2.45 bits per heavy atom. The van der Waals surface area contributed by atoms with Gasteiger partial charge >= 0.3 is 0 Å². The number of guanidine groups is 1. The summed E-state index contributed by atoms with van der Waals surface area (Å²) in [4.78, 5) is 28.2. The average Bonchev–Trinajstić information content (AvgIpc) is 2.76. The summed E-state index contributed by atoms with van der Waals surface area (Å²) in [6.45, 7) is -0.278. The molecule has 1 aromatic carbocycles. The van der Waals surface area contributed by atoms with Crippen molar-refractivity contribution in [2.45, 2.75) is 43.9 Å². The molecule has 1 aromatic rings. The van der Waals surface area contributed by atoms with Crippen LogP contribution in [0.2, 0.25) is 0 Å². The van der Waals surface area contributed by atoms with Gasteiger partial charge in [-0.3, -0.25) is 9.59 Å². The molecule has 1 heterocycles. The Labute approximate surface area is 185 Å². The Morgan fingerprint density at radius 1 is 1.21 bits per heavy atom. The van der Waals surface area contributed by atoms with Crippen molar-refractivity contribution in [3.8, 4) is 0 Å². The quantitative estimate of drug-likeness (QED) is 0.126. The molecule has 0 radical (unpaired) electrons. The van der Waals surface area contributed by atoms with Crippen LogP contribution < -0.4 is 22.1 Å². The van der Waals surface area contributed by atoms with Gasteiger partial charge in [-0.2, -0.15) is 0 Å². The number of aliphatic hydroxyl groups excluding tert-OH is 3. The van der Waals surface area contributed by atoms with Crippen molar-refractivity contribution in [1.29, 1.82) is 0 Å². The van der Waals surface area contributed by atoms with Crippen LogP contribution in [0.15, 0.2) is 29.0 Å². The van der Waals surface area contributed by atoms with Gasteiger partial charge in [0.05, 0.1) is 18.7 Å². The number of nitrogens with zero attached hydrogens (tertiary/aromatic N) is 1. The number of nitrogens with two attached hydrogens (primary N) is 2. The SMILES string of the molecule is CC(=O)N[C@H]1[C@H]([C@H](O)[C@H](O)CO)OC(C(=O)NCc2ccc(F)c(F)c2F)=C[C@@H]1N=C(N)N. The highest BCUT2D eigenvalue weighted by atomic mass is 19.2. The molecule has 5 atom stereocenters. The van der Waals surface area contributed by atoms with Crippen LogP contribution in [0.5, 0.6) is 0 Å². The predicted octanol–water partition coefficient (Wildman–Crippen LogP) is -2.14. The molecule has 1 aliphatic heterocycles. The third-order valence-corrected chi connectivity index (χ3v) is 4.67. The molecule has 2 amide bonds. The lowest BCUT2D eigenvalue weighted by Gasteiger charge is -2.39. The summed E-state index contributed by atoms with van der Waals surface area (Å²) in [5, 5.41) is 34.1. The van der Waals surface area contributed by atoms with Crippen molar-refractivity contribution in [1.82, 2.24) is 10.6 Å². The van der Waals surface area contributed by atoms with E-state index in [1.165, 1.54) is 0 Å². The van der Waals surface area contributed by atoms with Gasteiger partial charge in [0.15, 0.2) is 29.2 Å². The monoisotopic (exact) mass is 475 g/mol. The van der Waals surface area contributed by atoms with E-state index in [1.807, 2.05) is 0 Å². The van der Waals surface area contributed by atoms with Gasteiger partial charge in [0.2, 0.25) is 5.91 Å². The zero-order valence-corrected chi connectivity index (χ0v) is 17.3. The van der Waals surface area contributed by atoms with Crippen LogP contribution in [0.3, 0.4) is 0 Å². The molecule has 33 heavy (non-hydrogen) atoms. The topological polar surface area (TPSA) is 193 Å². The second kappa shape index (κ2) is 11.0. The summed E-state index contributed by atoms with van der Waals surface area (Å²) in [5.41, 5.74) is 10.5. The molecule has 0 aromatic heterocycles. The Morgan fingerprint density at radius 2 is 1.88 bits per heavy atom. The highest BCUT2D eigenvalue weighted by Gasteiger charge is 2.43. The molecule has 0 unspecified atom stereocenters. The van der Waals surface area contributed by atoms with Gasteiger partial charge in [-0.05, 0) is 12.1 Å². The normalized spacial score (nSPS) is 21.8. The molecule has 1 aliphatic rings. The summed E-state index contributed by atoms with van der Waals surface area (Å²) >= 11 is 0. The van der Waals surface area contributed by atoms with Crippen molar-refractivity contribution in [3.05, 3.63) is 47.0 Å². The number of carbonyl (C=O) groups excluding carboxylic acids is 2. The van der Waals surface area contributed by atoms with Gasteiger partial charge < -0.3 is 42.2 Å². The van der Waals surface area contributed by atoms with E-state index >= 15 is 0 Å². The van der Waals surface area contributed by atoms with Crippen molar-refractivity contribution in [2.24, 2.45) is 16.5 Å². The molecule has 14 heteroatoms. The Balaban J connectivity index is 2.34. The third-order valence-electron chi connectivity index (χ3n) is 4.67. The summed E-state index contributed by atoms with van der Waals surface area (Å²) in [5.74, 6) is -7.07. The van der Waals surface area contributed by atoms with Crippen LogP contribution in [0.4, 0.5) is 13.2 Å². The molecule has 11 nitrogen and oxygen atoms in total. The predicted molar refractivity (Wildman–Crippen MR) is 107 cm³/mol. The number of amides is 2. The van der Waals surface area contributed by atoms with E-state index in [0.29, 0.717) is 6.07 Å². The molecule has 0 saturated heterocycles. The number of aliphatic hydroxyl groups is 3. The number of nitrogens with one attached hydrogen (secondary N) is 2. The van der Waals surface area contributed by atoms with Crippen molar-refractivity contribution >= 4 is 17.8 Å². The summed E-state index contributed by atoms with van der Waals surface area (Å²) < 4.78 is 45.8. The van der Waals surface area contributed by atoms with Crippen molar-refractivity contribution in [3.63, 3.8) is 0 Å². The molecular weight excluding hydrogens is 451 g/mol. The molecule has 0 saturated carbocycles. The Kier molecular flexibility index (Phi) is 8.62. The van der Waals surface area contributed by atoms with Gasteiger partial charge in [-0.1, -0.05) is 6.07 Å². The van der Waals surface area contributed by atoms with E-state index in [0.717, 1.165) is 19.1 Å². The number of rotatable bonds is 8. The Hall–Kier alpha value is -3.36. The zero-order valence-electron chi connectivity index (χ0n) is 17.3. The second-order valence-electron chi connectivity index (χ2n) is 7.14. The van der Waals surface area contributed by atoms with E-state index in [-0.39, 0.29) is 5.56 Å². The fourth-order valence-electron chi connectivity index (χ4n) is 3.11. The van der Waals surface area contributed by atoms with Gasteiger partial charge in [0, 0.05) is 19.0 Å². The highest BCUT2D eigenvalue weighted by molar-refractivity contribution is 5.92. The number of carbonyl (C=O) groups is 2. The summed E-state index contributed by atoms with van der Waals surface area (Å²) in [6, 6.07) is -0.699. The smallest absolute Gasteiger partial charge is 0.286 e. The minimum atomic E-state index is -1.80. The first-order chi connectivity index (χ1) is 15.5. The zero-order chi connectivity index (χ0) is 24.9. The first-order valence-electron chi connectivity index (χ1n) is 9.58. The van der Waals surface area contributed by atoms with E-state index in [4.69, 9.17) is 21.3 Å². The second-order valence-corrected chi connectivity index (χ2v) is 7.14. The fourth-order valence-corrected chi connectivity index (χ4v) is 3.11. The lowest BCUT2D eigenvalue weighted by Crippen LogP contribution is -2.60. The summed E-state index contributed by atoms with van der Waals surface area (Å²) in [6.07, 6.45) is -3.92. The molecule has 0 bridgehead atoms. The third kappa shape index (κ3) is 6.34. The molecule has 2 rings (SSSR count). The van der Waals surface area contributed by atoms with Crippen LogP contribution in [0, 0.1) is 17.5 Å².